The lowest BCUT2D eigenvalue weighted by molar-refractivity contribution is 0.102. The topological polar surface area (TPSA) is 84.3 Å². The Kier molecular flexibility index (Phi) is 6.85. The van der Waals surface area contributed by atoms with Crippen LogP contribution in [0.3, 0.4) is 0 Å². The number of aromatic nitrogens is 2. The van der Waals surface area contributed by atoms with E-state index in [1.165, 1.54) is 22.6 Å². The van der Waals surface area contributed by atoms with E-state index in [2.05, 4.69) is 10.4 Å². The smallest absolute Gasteiger partial charge is 0.257 e. The number of benzene rings is 2. The van der Waals surface area contributed by atoms with Gasteiger partial charge < -0.3 is 5.32 Å². The summed E-state index contributed by atoms with van der Waals surface area (Å²) < 4.78 is 29.3. The predicted molar refractivity (Wildman–Crippen MR) is 125 cm³/mol. The van der Waals surface area contributed by atoms with Gasteiger partial charge in [0.15, 0.2) is 0 Å². The molecule has 2 aromatic carbocycles. The monoisotopic (exact) mass is 492 g/mol. The lowest BCUT2D eigenvalue weighted by Crippen LogP contribution is -2.35. The Hall–Kier alpha value is -2.39. The summed E-state index contributed by atoms with van der Waals surface area (Å²) in [6.45, 7) is 1.42. The molecule has 10 heteroatoms. The molecule has 1 N–H and O–H groups in total. The third-order valence-corrected chi connectivity index (χ3v) is 7.95. The van der Waals surface area contributed by atoms with Crippen LogP contribution in [0.2, 0.25) is 10.0 Å². The first-order valence-corrected chi connectivity index (χ1v) is 12.4. The SMILES string of the molecule is O=C(Nc1cnn(Cc2ccccc2)c1)c1cc(S(=O)(=O)N2CCCCC2)c(Cl)cc1Cl. The van der Waals surface area contributed by atoms with E-state index in [4.69, 9.17) is 23.2 Å². The zero-order chi connectivity index (χ0) is 22.7. The number of anilines is 1. The molecular formula is C22H22Cl2N4O3S. The molecule has 1 aliphatic heterocycles. The molecule has 0 atom stereocenters. The van der Waals surface area contributed by atoms with E-state index in [9.17, 15) is 13.2 Å². The highest BCUT2D eigenvalue weighted by molar-refractivity contribution is 7.89. The molecule has 0 bridgehead atoms. The second-order valence-electron chi connectivity index (χ2n) is 7.59. The Balaban J connectivity index is 1.54. The Morgan fingerprint density at radius 2 is 1.75 bits per heavy atom. The molecule has 0 spiro atoms. The number of halogens is 2. The van der Waals surface area contributed by atoms with Crippen molar-refractivity contribution in [3.05, 3.63) is 76.0 Å². The third-order valence-electron chi connectivity index (χ3n) is 5.28. The van der Waals surface area contributed by atoms with Crippen molar-refractivity contribution in [1.29, 1.82) is 0 Å². The molecule has 32 heavy (non-hydrogen) atoms. The molecule has 1 saturated heterocycles. The number of hydrogen-bond donors (Lipinski definition) is 1. The van der Waals surface area contributed by atoms with Crippen LogP contribution < -0.4 is 5.32 Å². The molecule has 4 rings (SSSR count). The highest BCUT2D eigenvalue weighted by atomic mass is 35.5. The fourth-order valence-corrected chi connectivity index (χ4v) is 5.98. The summed E-state index contributed by atoms with van der Waals surface area (Å²) in [5.74, 6) is -0.541. The lowest BCUT2D eigenvalue weighted by atomic mass is 10.2. The number of nitrogens with one attached hydrogen (secondary N) is 1. The van der Waals surface area contributed by atoms with Crippen LogP contribution in [-0.2, 0) is 16.6 Å². The van der Waals surface area contributed by atoms with E-state index in [1.807, 2.05) is 30.3 Å². The maximum Gasteiger partial charge on any atom is 0.257 e. The predicted octanol–water partition coefficient (Wildman–Crippen LogP) is 4.67. The Morgan fingerprint density at radius 1 is 1.03 bits per heavy atom. The van der Waals surface area contributed by atoms with E-state index < -0.39 is 15.9 Å². The molecule has 0 saturated carbocycles. The van der Waals surface area contributed by atoms with Gasteiger partial charge in [0, 0.05) is 19.3 Å². The average molecular weight is 493 g/mol. The summed E-state index contributed by atoms with van der Waals surface area (Å²) in [5.41, 5.74) is 1.57. The molecule has 1 fully saturated rings. The van der Waals surface area contributed by atoms with Gasteiger partial charge in [-0.05, 0) is 30.5 Å². The molecule has 7 nitrogen and oxygen atoms in total. The van der Waals surface area contributed by atoms with Gasteiger partial charge in [-0.2, -0.15) is 9.40 Å². The van der Waals surface area contributed by atoms with Gasteiger partial charge in [0.05, 0.1) is 34.0 Å². The van der Waals surface area contributed by atoms with Gasteiger partial charge in [-0.3, -0.25) is 9.48 Å². The van der Waals surface area contributed by atoms with Crippen LogP contribution in [0.15, 0.2) is 59.8 Å². The van der Waals surface area contributed by atoms with Crippen molar-refractivity contribution in [2.75, 3.05) is 18.4 Å². The van der Waals surface area contributed by atoms with Crippen LogP contribution in [0.25, 0.3) is 0 Å². The molecular weight excluding hydrogens is 471 g/mol. The van der Waals surface area contributed by atoms with Crippen molar-refractivity contribution < 1.29 is 13.2 Å². The van der Waals surface area contributed by atoms with Crippen LogP contribution in [-0.4, -0.2) is 41.5 Å². The first-order chi connectivity index (χ1) is 15.3. The van der Waals surface area contributed by atoms with Gasteiger partial charge >= 0.3 is 0 Å². The van der Waals surface area contributed by atoms with Crippen LogP contribution in [0.1, 0.15) is 35.2 Å². The number of sulfonamides is 1. The standard InChI is InChI=1S/C22H22Cl2N4O3S/c23-19-12-20(24)21(32(30,31)28-9-5-2-6-10-28)11-18(19)22(29)26-17-13-25-27(15-17)14-16-7-3-1-4-8-16/h1,3-4,7-8,11-13,15H,2,5-6,9-10,14H2,(H,26,29). The van der Waals surface area contributed by atoms with Crippen LogP contribution in [0, 0.1) is 0 Å². The van der Waals surface area contributed by atoms with E-state index in [1.54, 1.807) is 10.9 Å². The van der Waals surface area contributed by atoms with E-state index in [0.29, 0.717) is 25.3 Å². The highest BCUT2D eigenvalue weighted by Gasteiger charge is 2.29. The van der Waals surface area contributed by atoms with Crippen molar-refractivity contribution in [3.63, 3.8) is 0 Å². The van der Waals surface area contributed by atoms with Crippen LogP contribution >= 0.6 is 23.2 Å². The van der Waals surface area contributed by atoms with E-state index in [-0.39, 0.29) is 20.5 Å². The average Bonchev–Trinajstić information content (AvgIpc) is 3.21. The van der Waals surface area contributed by atoms with Crippen molar-refractivity contribution in [1.82, 2.24) is 14.1 Å². The minimum Gasteiger partial charge on any atom is -0.319 e. The Morgan fingerprint density at radius 3 is 2.47 bits per heavy atom. The van der Waals surface area contributed by atoms with Crippen LogP contribution in [0.4, 0.5) is 5.69 Å². The summed E-state index contributed by atoms with van der Waals surface area (Å²) in [5, 5.41) is 7.05. The van der Waals surface area contributed by atoms with Crippen LogP contribution in [0.5, 0.6) is 0 Å². The van der Waals surface area contributed by atoms with Gasteiger partial charge in [0.25, 0.3) is 5.91 Å². The van der Waals surface area contributed by atoms with Gasteiger partial charge in [-0.25, -0.2) is 8.42 Å². The normalized spacial score (nSPS) is 14.9. The van der Waals surface area contributed by atoms with Gasteiger partial charge in [0.1, 0.15) is 4.90 Å². The van der Waals surface area contributed by atoms with Crippen molar-refractivity contribution >= 4 is 44.8 Å². The fraction of sp³-hybridized carbons (Fsp3) is 0.273. The maximum atomic E-state index is 13.1. The molecule has 3 aromatic rings. The summed E-state index contributed by atoms with van der Waals surface area (Å²) >= 11 is 12.5. The van der Waals surface area contributed by atoms with Crippen molar-refractivity contribution in [2.24, 2.45) is 0 Å². The zero-order valence-corrected chi connectivity index (χ0v) is 19.5. The Labute approximate surface area is 197 Å². The second-order valence-corrected chi connectivity index (χ2v) is 10.3. The Bertz CT molecular complexity index is 1220. The summed E-state index contributed by atoms with van der Waals surface area (Å²) in [6, 6.07) is 12.3. The molecule has 1 amide bonds. The number of carbonyl (C=O) groups is 1. The fourth-order valence-electron chi connectivity index (χ4n) is 3.63. The first kappa shape index (κ1) is 22.8. The number of nitrogens with zero attached hydrogens (tertiary/aromatic N) is 3. The quantitative estimate of drug-likeness (QED) is 0.541. The second kappa shape index (κ2) is 9.62. The molecule has 168 valence electrons. The molecule has 1 aromatic heterocycles. The number of carbonyl (C=O) groups excluding carboxylic acids is 1. The summed E-state index contributed by atoms with van der Waals surface area (Å²) in [6.07, 6.45) is 5.80. The van der Waals surface area contributed by atoms with Crippen molar-refractivity contribution in [2.45, 2.75) is 30.7 Å². The maximum absolute atomic E-state index is 13.1. The summed E-state index contributed by atoms with van der Waals surface area (Å²) in [7, 11) is -3.82. The number of rotatable bonds is 6. The zero-order valence-electron chi connectivity index (χ0n) is 17.2. The third kappa shape index (κ3) is 4.99. The largest absolute Gasteiger partial charge is 0.319 e. The minimum absolute atomic E-state index is 0.00666. The van der Waals surface area contributed by atoms with Gasteiger partial charge in [0.2, 0.25) is 10.0 Å². The van der Waals surface area contributed by atoms with E-state index >= 15 is 0 Å². The lowest BCUT2D eigenvalue weighted by Gasteiger charge is -2.26. The number of amides is 1. The van der Waals surface area contributed by atoms with Gasteiger partial charge in [-0.1, -0.05) is 60.0 Å². The van der Waals surface area contributed by atoms with Gasteiger partial charge in [-0.15, -0.1) is 0 Å². The molecule has 1 aliphatic rings. The number of piperidine rings is 1. The molecule has 0 aliphatic carbocycles. The first-order valence-electron chi connectivity index (χ1n) is 10.2. The van der Waals surface area contributed by atoms with E-state index in [0.717, 1.165) is 24.8 Å². The van der Waals surface area contributed by atoms with Crippen molar-refractivity contribution in [3.8, 4) is 0 Å². The summed E-state index contributed by atoms with van der Waals surface area (Å²) in [4.78, 5) is 12.8. The highest BCUT2D eigenvalue weighted by Crippen LogP contribution is 2.32. The number of hydrogen-bond acceptors (Lipinski definition) is 4. The molecule has 0 radical (unpaired) electrons. The molecule has 0 unspecified atom stereocenters. The minimum atomic E-state index is -3.82. The molecule has 2 heterocycles.